The molecular formula is C13H24N4O2S. The Morgan fingerprint density at radius 1 is 1.50 bits per heavy atom. The largest absolute Gasteiger partial charge is 0.318 e. The van der Waals surface area contributed by atoms with Crippen LogP contribution >= 0.6 is 0 Å². The maximum absolute atomic E-state index is 12.9. The predicted molar refractivity (Wildman–Crippen MR) is 78.1 cm³/mol. The SMILES string of the molecule is CNC[C@@H]1CCCN1S(=O)(=O)c1cn[nH]c1C(C)(C)C. The van der Waals surface area contributed by atoms with Gasteiger partial charge >= 0.3 is 0 Å². The van der Waals surface area contributed by atoms with Gasteiger partial charge in [0.05, 0.1) is 11.9 Å². The van der Waals surface area contributed by atoms with Gasteiger partial charge in [-0.2, -0.15) is 9.40 Å². The molecule has 1 fully saturated rings. The van der Waals surface area contributed by atoms with Gasteiger partial charge in [-0.1, -0.05) is 20.8 Å². The van der Waals surface area contributed by atoms with E-state index in [-0.39, 0.29) is 11.5 Å². The molecule has 1 aliphatic rings. The highest BCUT2D eigenvalue weighted by atomic mass is 32.2. The number of likely N-dealkylation sites (N-methyl/N-ethyl adjacent to an activating group) is 1. The summed E-state index contributed by atoms with van der Waals surface area (Å²) in [5.41, 5.74) is 0.393. The molecule has 0 unspecified atom stereocenters. The van der Waals surface area contributed by atoms with Crippen molar-refractivity contribution in [2.24, 2.45) is 0 Å². The summed E-state index contributed by atoms with van der Waals surface area (Å²) < 4.78 is 27.4. The molecule has 1 aliphatic heterocycles. The van der Waals surface area contributed by atoms with E-state index in [4.69, 9.17) is 0 Å². The van der Waals surface area contributed by atoms with Crippen molar-refractivity contribution in [3.8, 4) is 0 Å². The predicted octanol–water partition coefficient (Wildman–Crippen LogP) is 1.08. The molecule has 0 aliphatic carbocycles. The molecule has 7 heteroatoms. The van der Waals surface area contributed by atoms with E-state index in [9.17, 15) is 8.42 Å². The molecule has 6 nitrogen and oxygen atoms in total. The lowest BCUT2D eigenvalue weighted by atomic mass is 9.92. The molecule has 2 rings (SSSR count). The Morgan fingerprint density at radius 2 is 2.20 bits per heavy atom. The van der Waals surface area contributed by atoms with Gasteiger partial charge in [-0.25, -0.2) is 8.42 Å². The van der Waals surface area contributed by atoms with E-state index in [1.807, 2.05) is 27.8 Å². The zero-order valence-electron chi connectivity index (χ0n) is 12.6. The number of hydrogen-bond donors (Lipinski definition) is 2. The first-order valence-corrected chi connectivity index (χ1v) is 8.43. The number of nitrogens with one attached hydrogen (secondary N) is 2. The molecule has 20 heavy (non-hydrogen) atoms. The Hall–Kier alpha value is -0.920. The topological polar surface area (TPSA) is 78.1 Å². The fourth-order valence-corrected chi connectivity index (χ4v) is 4.69. The summed E-state index contributed by atoms with van der Waals surface area (Å²) in [6, 6.07) is 0.0349. The molecule has 2 N–H and O–H groups in total. The van der Waals surface area contributed by atoms with Crippen molar-refractivity contribution < 1.29 is 8.42 Å². The molecule has 0 amide bonds. The minimum Gasteiger partial charge on any atom is -0.318 e. The van der Waals surface area contributed by atoms with Crippen LogP contribution in [0.1, 0.15) is 39.3 Å². The maximum atomic E-state index is 12.9. The summed E-state index contributed by atoms with van der Waals surface area (Å²) in [7, 11) is -1.63. The van der Waals surface area contributed by atoms with Gasteiger partial charge in [-0.15, -0.1) is 0 Å². The van der Waals surface area contributed by atoms with Gasteiger partial charge in [-0.3, -0.25) is 5.10 Å². The van der Waals surface area contributed by atoms with Crippen molar-refractivity contribution in [3.05, 3.63) is 11.9 Å². The fraction of sp³-hybridized carbons (Fsp3) is 0.769. The summed E-state index contributed by atoms with van der Waals surface area (Å²) >= 11 is 0. The molecule has 0 radical (unpaired) electrons. The quantitative estimate of drug-likeness (QED) is 0.872. The minimum absolute atomic E-state index is 0.0349. The van der Waals surface area contributed by atoms with Crippen molar-refractivity contribution in [3.63, 3.8) is 0 Å². The number of rotatable bonds is 4. The Kier molecular flexibility index (Phi) is 4.22. The van der Waals surface area contributed by atoms with Crippen LogP contribution in [0.2, 0.25) is 0 Å². The Bertz CT molecular complexity index is 559. The Balaban J connectivity index is 2.38. The third-order valence-electron chi connectivity index (χ3n) is 3.70. The molecule has 0 spiro atoms. The van der Waals surface area contributed by atoms with Crippen LogP contribution in [0.25, 0.3) is 0 Å². The monoisotopic (exact) mass is 300 g/mol. The summed E-state index contributed by atoms with van der Waals surface area (Å²) in [5, 5.41) is 9.87. The molecule has 1 saturated heterocycles. The van der Waals surface area contributed by atoms with Crippen LogP contribution in [0, 0.1) is 0 Å². The van der Waals surface area contributed by atoms with Crippen molar-refractivity contribution in [2.45, 2.75) is 50.0 Å². The van der Waals surface area contributed by atoms with Crippen LogP contribution in [0.15, 0.2) is 11.1 Å². The lowest BCUT2D eigenvalue weighted by Crippen LogP contribution is -2.41. The van der Waals surface area contributed by atoms with Crippen LogP contribution < -0.4 is 5.32 Å². The van der Waals surface area contributed by atoms with Crippen molar-refractivity contribution in [1.82, 2.24) is 19.8 Å². The van der Waals surface area contributed by atoms with E-state index in [2.05, 4.69) is 15.5 Å². The van der Waals surface area contributed by atoms with Gasteiger partial charge in [0, 0.05) is 24.5 Å². The van der Waals surface area contributed by atoms with Crippen LogP contribution in [-0.2, 0) is 15.4 Å². The third-order valence-corrected chi connectivity index (χ3v) is 5.67. The molecule has 2 heterocycles. The highest BCUT2D eigenvalue weighted by molar-refractivity contribution is 7.89. The molecule has 1 atom stereocenters. The molecule has 0 aromatic carbocycles. The second-order valence-corrected chi connectivity index (χ2v) is 8.19. The highest BCUT2D eigenvalue weighted by Crippen LogP contribution is 2.31. The second kappa shape index (κ2) is 5.46. The van der Waals surface area contributed by atoms with Gasteiger partial charge in [0.1, 0.15) is 4.90 Å². The third kappa shape index (κ3) is 2.75. The smallest absolute Gasteiger partial charge is 0.246 e. The van der Waals surface area contributed by atoms with E-state index < -0.39 is 10.0 Å². The number of aromatic nitrogens is 2. The van der Waals surface area contributed by atoms with Crippen LogP contribution in [0.5, 0.6) is 0 Å². The lowest BCUT2D eigenvalue weighted by molar-refractivity contribution is 0.377. The zero-order chi connectivity index (χ0) is 15.0. The average molecular weight is 300 g/mol. The Morgan fingerprint density at radius 3 is 2.80 bits per heavy atom. The number of aromatic amines is 1. The molecular weight excluding hydrogens is 276 g/mol. The van der Waals surface area contributed by atoms with Crippen molar-refractivity contribution in [2.75, 3.05) is 20.1 Å². The summed E-state index contributed by atoms with van der Waals surface area (Å²) in [6.07, 6.45) is 3.25. The van der Waals surface area contributed by atoms with Crippen LogP contribution in [-0.4, -0.2) is 49.1 Å². The number of nitrogens with zero attached hydrogens (tertiary/aromatic N) is 2. The Labute approximate surface area is 121 Å². The number of hydrogen-bond acceptors (Lipinski definition) is 4. The summed E-state index contributed by atoms with van der Waals surface area (Å²) in [5.74, 6) is 0. The van der Waals surface area contributed by atoms with E-state index in [0.717, 1.165) is 12.8 Å². The number of H-pyrrole nitrogens is 1. The van der Waals surface area contributed by atoms with Crippen LogP contribution in [0.3, 0.4) is 0 Å². The molecule has 0 bridgehead atoms. The van der Waals surface area contributed by atoms with E-state index in [0.29, 0.717) is 23.7 Å². The van der Waals surface area contributed by atoms with E-state index in [1.165, 1.54) is 6.20 Å². The van der Waals surface area contributed by atoms with Gasteiger partial charge in [0.15, 0.2) is 0 Å². The van der Waals surface area contributed by atoms with Gasteiger partial charge in [-0.05, 0) is 19.9 Å². The van der Waals surface area contributed by atoms with Crippen molar-refractivity contribution >= 4 is 10.0 Å². The first-order valence-electron chi connectivity index (χ1n) is 6.98. The summed E-state index contributed by atoms with van der Waals surface area (Å²) in [4.78, 5) is 0.313. The van der Waals surface area contributed by atoms with Crippen LogP contribution in [0.4, 0.5) is 0 Å². The highest BCUT2D eigenvalue weighted by Gasteiger charge is 2.38. The van der Waals surface area contributed by atoms with Gasteiger partial charge in [0.25, 0.3) is 0 Å². The molecule has 0 saturated carbocycles. The zero-order valence-corrected chi connectivity index (χ0v) is 13.4. The average Bonchev–Trinajstić information content (AvgIpc) is 2.96. The van der Waals surface area contributed by atoms with Gasteiger partial charge in [0.2, 0.25) is 10.0 Å². The normalized spacial score (nSPS) is 21.5. The molecule has 114 valence electrons. The minimum atomic E-state index is -3.48. The van der Waals surface area contributed by atoms with E-state index >= 15 is 0 Å². The first-order chi connectivity index (χ1) is 9.28. The number of sulfonamides is 1. The lowest BCUT2D eigenvalue weighted by Gasteiger charge is -2.25. The second-order valence-electron chi connectivity index (χ2n) is 6.33. The standard InChI is InChI=1S/C13H24N4O2S/c1-13(2,3)12-11(9-15-16-12)20(18,19)17-7-5-6-10(17)8-14-4/h9-10,14H,5-8H2,1-4H3,(H,15,16)/t10-/m0/s1. The van der Waals surface area contributed by atoms with Crippen molar-refractivity contribution in [1.29, 1.82) is 0 Å². The summed E-state index contributed by atoms with van der Waals surface area (Å²) in [6.45, 7) is 7.21. The van der Waals surface area contributed by atoms with Gasteiger partial charge < -0.3 is 5.32 Å². The fourth-order valence-electron chi connectivity index (χ4n) is 2.70. The maximum Gasteiger partial charge on any atom is 0.246 e. The molecule has 1 aromatic heterocycles. The molecule has 1 aromatic rings. The van der Waals surface area contributed by atoms with E-state index in [1.54, 1.807) is 4.31 Å². The first kappa shape index (κ1) is 15.5.